The van der Waals surface area contributed by atoms with E-state index >= 15 is 0 Å². The summed E-state index contributed by atoms with van der Waals surface area (Å²) in [7, 11) is -1.88. The highest BCUT2D eigenvalue weighted by Gasteiger charge is 2.29. The minimum Gasteiger partial charge on any atom is -0.497 e. The number of sulfonamides is 1. The molecule has 2 aromatic rings. The zero-order valence-electron chi connectivity index (χ0n) is 13.9. The van der Waals surface area contributed by atoms with Crippen LogP contribution in [0, 0.1) is 0 Å². The van der Waals surface area contributed by atoms with Gasteiger partial charge in [0, 0.05) is 19.6 Å². The minimum absolute atomic E-state index is 0.223. The number of nitrogens with zero attached hydrogens (tertiary/aromatic N) is 1. The van der Waals surface area contributed by atoms with E-state index in [1.807, 2.05) is 24.3 Å². The Bertz CT molecular complexity index is 855. The molecule has 1 amide bonds. The fourth-order valence-corrected chi connectivity index (χ4v) is 5.58. The van der Waals surface area contributed by atoms with Gasteiger partial charge in [0.1, 0.15) is 9.96 Å². The highest BCUT2D eigenvalue weighted by molar-refractivity contribution is 7.91. The Morgan fingerprint density at radius 3 is 2.72 bits per heavy atom. The third-order valence-corrected chi connectivity index (χ3v) is 7.50. The highest BCUT2D eigenvalue weighted by Crippen LogP contribution is 2.27. The fourth-order valence-electron chi connectivity index (χ4n) is 2.69. The van der Waals surface area contributed by atoms with E-state index in [-0.39, 0.29) is 10.1 Å². The SMILES string of the molecule is COc1cccc(CNC(=O)c2ccc(S(=O)(=O)N3CCCC3)s2)c1. The molecular weight excluding hydrogens is 360 g/mol. The molecule has 1 aromatic carbocycles. The molecule has 2 heterocycles. The average molecular weight is 380 g/mol. The van der Waals surface area contributed by atoms with E-state index in [1.165, 1.54) is 10.4 Å². The molecule has 25 heavy (non-hydrogen) atoms. The van der Waals surface area contributed by atoms with E-state index in [0.717, 1.165) is 35.5 Å². The van der Waals surface area contributed by atoms with Crippen LogP contribution in [-0.2, 0) is 16.6 Å². The molecule has 1 aromatic heterocycles. The molecule has 8 heteroatoms. The molecule has 0 saturated carbocycles. The van der Waals surface area contributed by atoms with Crippen molar-refractivity contribution in [2.24, 2.45) is 0 Å². The summed E-state index contributed by atoms with van der Waals surface area (Å²) in [6.07, 6.45) is 1.77. The molecule has 0 aliphatic carbocycles. The predicted molar refractivity (Wildman–Crippen MR) is 96.5 cm³/mol. The van der Waals surface area contributed by atoms with Crippen molar-refractivity contribution in [1.29, 1.82) is 0 Å². The van der Waals surface area contributed by atoms with Crippen molar-refractivity contribution >= 4 is 27.3 Å². The molecule has 1 N–H and O–H groups in total. The van der Waals surface area contributed by atoms with Gasteiger partial charge in [0.15, 0.2) is 0 Å². The van der Waals surface area contributed by atoms with Crippen molar-refractivity contribution in [2.45, 2.75) is 23.6 Å². The quantitative estimate of drug-likeness (QED) is 0.835. The Balaban J connectivity index is 1.66. The maximum atomic E-state index is 12.5. The van der Waals surface area contributed by atoms with Crippen molar-refractivity contribution in [3.8, 4) is 5.75 Å². The number of hydrogen-bond acceptors (Lipinski definition) is 5. The molecule has 1 fully saturated rings. The molecule has 0 unspecified atom stereocenters. The van der Waals surface area contributed by atoms with Gasteiger partial charge < -0.3 is 10.1 Å². The monoisotopic (exact) mass is 380 g/mol. The van der Waals surface area contributed by atoms with E-state index in [2.05, 4.69) is 5.32 Å². The summed E-state index contributed by atoms with van der Waals surface area (Å²) in [4.78, 5) is 12.7. The molecule has 1 aliphatic heterocycles. The third-order valence-electron chi connectivity index (χ3n) is 4.05. The van der Waals surface area contributed by atoms with Crippen LogP contribution in [0.15, 0.2) is 40.6 Å². The standard InChI is InChI=1S/C17H20N2O4S2/c1-23-14-6-4-5-13(11-14)12-18-17(20)15-7-8-16(24-15)25(21,22)19-9-2-3-10-19/h4-8,11H,2-3,9-10,12H2,1H3,(H,18,20). The zero-order chi connectivity index (χ0) is 17.9. The highest BCUT2D eigenvalue weighted by atomic mass is 32.2. The summed E-state index contributed by atoms with van der Waals surface area (Å²) in [6.45, 7) is 1.46. The number of methoxy groups -OCH3 is 1. The summed E-state index contributed by atoms with van der Waals surface area (Å²) in [6, 6.07) is 10.5. The van der Waals surface area contributed by atoms with Gasteiger partial charge in [0.25, 0.3) is 15.9 Å². The lowest BCUT2D eigenvalue weighted by Gasteiger charge is -2.13. The van der Waals surface area contributed by atoms with Crippen LogP contribution in [0.25, 0.3) is 0 Å². The van der Waals surface area contributed by atoms with Gasteiger partial charge in [-0.05, 0) is 42.7 Å². The third kappa shape index (κ3) is 4.02. The molecule has 3 rings (SSSR count). The zero-order valence-corrected chi connectivity index (χ0v) is 15.5. The molecule has 1 aliphatic rings. The van der Waals surface area contributed by atoms with Gasteiger partial charge in [-0.1, -0.05) is 12.1 Å². The van der Waals surface area contributed by atoms with Crippen LogP contribution in [0.5, 0.6) is 5.75 Å². The first kappa shape index (κ1) is 17.9. The minimum atomic E-state index is -3.47. The summed E-state index contributed by atoms with van der Waals surface area (Å²) in [5.74, 6) is 0.442. The lowest BCUT2D eigenvalue weighted by atomic mass is 10.2. The molecule has 6 nitrogen and oxygen atoms in total. The normalized spacial score (nSPS) is 15.2. The Morgan fingerprint density at radius 2 is 2.00 bits per heavy atom. The van der Waals surface area contributed by atoms with Crippen molar-refractivity contribution < 1.29 is 17.9 Å². The Kier molecular flexibility index (Phi) is 5.41. The van der Waals surface area contributed by atoms with E-state index in [9.17, 15) is 13.2 Å². The number of benzene rings is 1. The Hall–Kier alpha value is -1.90. The van der Waals surface area contributed by atoms with Crippen LogP contribution < -0.4 is 10.1 Å². The van der Waals surface area contributed by atoms with Crippen LogP contribution in [-0.4, -0.2) is 38.8 Å². The average Bonchev–Trinajstić information content (AvgIpc) is 3.31. The number of amides is 1. The van der Waals surface area contributed by atoms with E-state index in [0.29, 0.717) is 24.5 Å². The van der Waals surface area contributed by atoms with Gasteiger partial charge in [0.2, 0.25) is 0 Å². The largest absolute Gasteiger partial charge is 0.497 e. The van der Waals surface area contributed by atoms with Crippen LogP contribution in [0.1, 0.15) is 28.1 Å². The number of hydrogen-bond donors (Lipinski definition) is 1. The van der Waals surface area contributed by atoms with Gasteiger partial charge >= 0.3 is 0 Å². The van der Waals surface area contributed by atoms with Crippen LogP contribution in [0.4, 0.5) is 0 Å². The van der Waals surface area contributed by atoms with Gasteiger partial charge in [-0.3, -0.25) is 4.79 Å². The summed E-state index contributed by atoms with van der Waals surface area (Å²) < 4.78 is 31.9. The van der Waals surface area contributed by atoms with Crippen molar-refractivity contribution in [3.63, 3.8) is 0 Å². The van der Waals surface area contributed by atoms with E-state index in [1.54, 1.807) is 13.2 Å². The second-order valence-electron chi connectivity index (χ2n) is 5.76. The molecule has 0 radical (unpaired) electrons. The number of rotatable bonds is 6. The first-order valence-corrected chi connectivity index (χ1v) is 10.3. The van der Waals surface area contributed by atoms with E-state index < -0.39 is 10.0 Å². The van der Waals surface area contributed by atoms with Crippen LogP contribution in [0.2, 0.25) is 0 Å². The van der Waals surface area contributed by atoms with Crippen molar-refractivity contribution in [2.75, 3.05) is 20.2 Å². The Labute approximate surface area is 151 Å². The lowest BCUT2D eigenvalue weighted by Crippen LogP contribution is -2.27. The smallest absolute Gasteiger partial charge is 0.261 e. The molecule has 0 spiro atoms. The fraction of sp³-hybridized carbons (Fsp3) is 0.353. The number of nitrogens with one attached hydrogen (secondary N) is 1. The maximum Gasteiger partial charge on any atom is 0.261 e. The topological polar surface area (TPSA) is 75.7 Å². The second-order valence-corrected chi connectivity index (χ2v) is 9.01. The molecule has 0 atom stereocenters. The van der Waals surface area contributed by atoms with Crippen molar-refractivity contribution in [1.82, 2.24) is 9.62 Å². The number of carbonyl (C=O) groups is 1. The first-order valence-electron chi connectivity index (χ1n) is 8.02. The molecule has 1 saturated heterocycles. The van der Waals surface area contributed by atoms with Gasteiger partial charge in [-0.15, -0.1) is 11.3 Å². The first-order chi connectivity index (χ1) is 12.0. The van der Waals surface area contributed by atoms with Crippen molar-refractivity contribution in [3.05, 3.63) is 46.8 Å². The predicted octanol–water partition coefficient (Wildman–Crippen LogP) is 2.47. The lowest BCUT2D eigenvalue weighted by molar-refractivity contribution is 0.0955. The number of thiophene rings is 1. The maximum absolute atomic E-state index is 12.5. The van der Waals surface area contributed by atoms with Gasteiger partial charge in [-0.2, -0.15) is 4.31 Å². The molecule has 134 valence electrons. The summed E-state index contributed by atoms with van der Waals surface area (Å²) >= 11 is 1.01. The van der Waals surface area contributed by atoms with Crippen LogP contribution in [0.3, 0.4) is 0 Å². The van der Waals surface area contributed by atoms with Gasteiger partial charge in [0.05, 0.1) is 12.0 Å². The van der Waals surface area contributed by atoms with Crippen LogP contribution >= 0.6 is 11.3 Å². The Morgan fingerprint density at radius 1 is 1.24 bits per heavy atom. The summed E-state index contributed by atoms with van der Waals surface area (Å²) in [5.41, 5.74) is 0.911. The van der Waals surface area contributed by atoms with Gasteiger partial charge in [-0.25, -0.2) is 8.42 Å². The molecular formula is C17H20N2O4S2. The summed E-state index contributed by atoms with van der Waals surface area (Å²) in [5, 5.41) is 2.81. The number of carbonyl (C=O) groups excluding carboxylic acids is 1. The van der Waals surface area contributed by atoms with E-state index in [4.69, 9.17) is 4.74 Å². The molecule has 0 bridgehead atoms. The number of ether oxygens (including phenoxy) is 1. The second kappa shape index (κ2) is 7.55.